The van der Waals surface area contributed by atoms with Gasteiger partial charge in [0.2, 0.25) is 0 Å². The van der Waals surface area contributed by atoms with Crippen molar-refractivity contribution in [2.24, 2.45) is 0 Å². The van der Waals surface area contributed by atoms with E-state index in [1.807, 2.05) is 44.2 Å². The number of ether oxygens (including phenoxy) is 3. The Labute approximate surface area is 203 Å². The molecule has 2 aliphatic heterocycles. The lowest BCUT2D eigenvalue weighted by Crippen LogP contribution is -2.29. The van der Waals surface area contributed by atoms with E-state index in [1.165, 1.54) is 4.90 Å². The highest BCUT2D eigenvalue weighted by Crippen LogP contribution is 2.45. The van der Waals surface area contributed by atoms with Crippen LogP contribution in [0.1, 0.15) is 28.3 Å². The summed E-state index contributed by atoms with van der Waals surface area (Å²) in [6.07, 6.45) is 0. The molecule has 0 aliphatic carbocycles. The Bertz CT molecular complexity index is 1360. The summed E-state index contributed by atoms with van der Waals surface area (Å²) in [5.74, 6) is 0.0660. The number of anilines is 1. The number of aliphatic hydroxyl groups is 1. The summed E-state index contributed by atoms with van der Waals surface area (Å²) in [7, 11) is 1.58. The molecule has 3 aromatic carbocycles. The maximum atomic E-state index is 13.4. The van der Waals surface area contributed by atoms with Crippen LogP contribution in [0.5, 0.6) is 17.2 Å². The van der Waals surface area contributed by atoms with Crippen LogP contribution in [0, 0.1) is 13.8 Å². The van der Waals surface area contributed by atoms with E-state index < -0.39 is 17.7 Å². The fourth-order valence-corrected chi connectivity index (χ4v) is 4.64. The van der Waals surface area contributed by atoms with Crippen molar-refractivity contribution >= 4 is 23.1 Å². The number of amides is 1. The Kier molecular flexibility index (Phi) is 5.68. The van der Waals surface area contributed by atoms with Crippen molar-refractivity contribution in [1.82, 2.24) is 0 Å². The van der Waals surface area contributed by atoms with Crippen molar-refractivity contribution in [2.75, 3.05) is 25.2 Å². The fraction of sp³-hybridized carbons (Fsp3) is 0.214. The molecule has 2 aliphatic rings. The van der Waals surface area contributed by atoms with Gasteiger partial charge in [0.05, 0.1) is 18.7 Å². The summed E-state index contributed by atoms with van der Waals surface area (Å²) < 4.78 is 16.7. The predicted octanol–water partition coefficient (Wildman–Crippen LogP) is 4.71. The number of aliphatic hydroxyl groups excluding tert-OH is 1. The number of hydrogen-bond donors (Lipinski definition) is 1. The number of nitrogens with zero attached hydrogens (tertiary/aromatic N) is 1. The number of methoxy groups -OCH3 is 1. The van der Waals surface area contributed by atoms with E-state index in [1.54, 1.807) is 37.4 Å². The number of fused-ring (bicyclic) bond motifs is 1. The number of hydrogen-bond acceptors (Lipinski definition) is 6. The monoisotopic (exact) mass is 471 g/mol. The third kappa shape index (κ3) is 3.79. The average molecular weight is 472 g/mol. The Hall–Kier alpha value is -4.26. The van der Waals surface area contributed by atoms with E-state index in [0.717, 1.165) is 11.1 Å². The first-order chi connectivity index (χ1) is 16.9. The lowest BCUT2D eigenvalue weighted by Gasteiger charge is -2.27. The molecular formula is C28H25NO6. The van der Waals surface area contributed by atoms with Crippen LogP contribution < -0.4 is 19.1 Å². The number of rotatable bonds is 4. The van der Waals surface area contributed by atoms with Crippen LogP contribution in [-0.2, 0) is 9.59 Å². The van der Waals surface area contributed by atoms with E-state index in [4.69, 9.17) is 14.2 Å². The first kappa shape index (κ1) is 22.5. The van der Waals surface area contributed by atoms with Crippen LogP contribution in [0.25, 0.3) is 5.76 Å². The minimum atomic E-state index is -0.819. The number of benzene rings is 3. The van der Waals surface area contributed by atoms with Gasteiger partial charge >= 0.3 is 0 Å². The zero-order valence-electron chi connectivity index (χ0n) is 19.7. The van der Waals surface area contributed by atoms with Crippen LogP contribution in [0.4, 0.5) is 5.69 Å². The second kappa shape index (κ2) is 8.83. The zero-order valence-corrected chi connectivity index (χ0v) is 19.7. The lowest BCUT2D eigenvalue weighted by molar-refractivity contribution is -0.132. The molecule has 0 spiro atoms. The van der Waals surface area contributed by atoms with E-state index in [9.17, 15) is 14.7 Å². The summed E-state index contributed by atoms with van der Waals surface area (Å²) in [5.41, 5.74) is 3.21. The van der Waals surface area contributed by atoms with Crippen molar-refractivity contribution in [1.29, 1.82) is 0 Å². The van der Waals surface area contributed by atoms with Gasteiger partial charge in [0.1, 0.15) is 24.7 Å². The average Bonchev–Trinajstić information content (AvgIpc) is 3.15. The second-order valence-corrected chi connectivity index (χ2v) is 8.54. The number of carbonyl (C=O) groups excluding carboxylic acids is 2. The maximum absolute atomic E-state index is 13.4. The van der Waals surface area contributed by atoms with Crippen LogP contribution in [0.3, 0.4) is 0 Å². The number of carbonyl (C=O) groups is 2. The molecule has 2 heterocycles. The van der Waals surface area contributed by atoms with Crippen LogP contribution in [0.2, 0.25) is 0 Å². The van der Waals surface area contributed by atoms with Crippen LogP contribution >= 0.6 is 0 Å². The molecule has 0 bridgehead atoms. The summed E-state index contributed by atoms with van der Waals surface area (Å²) in [4.78, 5) is 28.2. The minimum Gasteiger partial charge on any atom is -0.507 e. The molecule has 0 radical (unpaired) electrons. The smallest absolute Gasteiger partial charge is 0.300 e. The van der Waals surface area contributed by atoms with Gasteiger partial charge in [0.15, 0.2) is 11.5 Å². The van der Waals surface area contributed by atoms with Crippen LogP contribution in [-0.4, -0.2) is 37.1 Å². The molecular weight excluding hydrogens is 446 g/mol. The summed E-state index contributed by atoms with van der Waals surface area (Å²) in [5, 5.41) is 11.5. The van der Waals surface area contributed by atoms with E-state index in [0.29, 0.717) is 47.3 Å². The Morgan fingerprint density at radius 1 is 0.943 bits per heavy atom. The zero-order chi connectivity index (χ0) is 24.7. The minimum absolute atomic E-state index is 0.0313. The molecule has 1 fully saturated rings. The summed E-state index contributed by atoms with van der Waals surface area (Å²) >= 11 is 0. The van der Waals surface area contributed by atoms with Gasteiger partial charge in [0.25, 0.3) is 11.7 Å². The molecule has 0 aromatic heterocycles. The molecule has 178 valence electrons. The van der Waals surface area contributed by atoms with E-state index in [2.05, 4.69) is 0 Å². The maximum Gasteiger partial charge on any atom is 0.300 e. The Morgan fingerprint density at radius 3 is 2.37 bits per heavy atom. The van der Waals surface area contributed by atoms with Gasteiger partial charge in [-0.05, 0) is 54.8 Å². The third-order valence-corrected chi connectivity index (χ3v) is 6.36. The van der Waals surface area contributed by atoms with Gasteiger partial charge in [-0.2, -0.15) is 0 Å². The van der Waals surface area contributed by atoms with Gasteiger partial charge in [-0.1, -0.05) is 30.3 Å². The molecule has 3 aromatic rings. The van der Waals surface area contributed by atoms with E-state index >= 15 is 0 Å². The van der Waals surface area contributed by atoms with Gasteiger partial charge in [-0.3, -0.25) is 14.5 Å². The number of aryl methyl sites for hydroxylation is 2. The quantitative estimate of drug-likeness (QED) is 0.337. The topological polar surface area (TPSA) is 85.3 Å². The number of ketones is 1. The molecule has 0 saturated carbocycles. The van der Waals surface area contributed by atoms with Crippen LogP contribution in [0.15, 0.2) is 66.2 Å². The van der Waals surface area contributed by atoms with Gasteiger partial charge in [0, 0.05) is 17.3 Å². The van der Waals surface area contributed by atoms with Gasteiger partial charge in [-0.25, -0.2) is 0 Å². The first-order valence-corrected chi connectivity index (χ1v) is 11.3. The van der Waals surface area contributed by atoms with Gasteiger partial charge in [-0.15, -0.1) is 0 Å². The largest absolute Gasteiger partial charge is 0.507 e. The third-order valence-electron chi connectivity index (χ3n) is 6.36. The Morgan fingerprint density at radius 2 is 1.66 bits per heavy atom. The molecule has 35 heavy (non-hydrogen) atoms. The molecule has 1 saturated heterocycles. The fourth-order valence-electron chi connectivity index (χ4n) is 4.64. The summed E-state index contributed by atoms with van der Waals surface area (Å²) in [6, 6.07) is 17.1. The second-order valence-electron chi connectivity index (χ2n) is 8.54. The van der Waals surface area contributed by atoms with Crippen molar-refractivity contribution in [3.63, 3.8) is 0 Å². The highest BCUT2D eigenvalue weighted by atomic mass is 16.6. The first-order valence-electron chi connectivity index (χ1n) is 11.3. The Balaban J connectivity index is 1.70. The standard InChI is InChI=1S/C28H25NO6/c1-16-14-22(33-3)17(2)13-20(16)26(30)24-25(18-7-5-4-6-8-18)29(28(32)27(24)31)19-9-10-21-23(15-19)35-12-11-34-21/h4-10,13-15,25,30H,11-12H2,1-3H3/b26-24+. The molecule has 1 atom stereocenters. The molecule has 5 rings (SSSR count). The van der Waals surface area contributed by atoms with Crippen molar-refractivity contribution < 1.29 is 28.9 Å². The van der Waals surface area contributed by atoms with Crippen molar-refractivity contribution in [3.05, 3.63) is 88.5 Å². The lowest BCUT2D eigenvalue weighted by atomic mass is 9.93. The normalized spacial score (nSPS) is 18.6. The van der Waals surface area contributed by atoms with Crippen molar-refractivity contribution in [3.8, 4) is 17.2 Å². The molecule has 7 heteroatoms. The van der Waals surface area contributed by atoms with Gasteiger partial charge < -0.3 is 19.3 Å². The number of Topliss-reactive ketones (excluding diaryl/α,β-unsaturated/α-hetero) is 1. The summed E-state index contributed by atoms with van der Waals surface area (Å²) in [6.45, 7) is 4.53. The molecule has 1 N–H and O–H groups in total. The highest BCUT2D eigenvalue weighted by molar-refractivity contribution is 6.51. The molecule has 1 unspecified atom stereocenters. The van der Waals surface area contributed by atoms with Crippen molar-refractivity contribution in [2.45, 2.75) is 19.9 Å². The predicted molar refractivity (Wildman–Crippen MR) is 131 cm³/mol. The highest BCUT2D eigenvalue weighted by Gasteiger charge is 2.47. The van der Waals surface area contributed by atoms with E-state index in [-0.39, 0.29) is 11.3 Å². The molecule has 1 amide bonds. The SMILES string of the molecule is COc1cc(C)c(/C(O)=C2\C(=O)C(=O)N(c3ccc4c(c3)OCCO4)C2c2ccccc2)cc1C. The molecule has 7 nitrogen and oxygen atoms in total.